The maximum Gasteiger partial charge on any atom is 0.220 e. The van der Waals surface area contributed by atoms with E-state index in [1.807, 2.05) is 12.1 Å². The maximum absolute atomic E-state index is 12.6. The number of sulfonamides is 1. The van der Waals surface area contributed by atoms with Crippen LogP contribution in [-0.2, 0) is 22.2 Å². The van der Waals surface area contributed by atoms with Crippen molar-refractivity contribution in [2.75, 3.05) is 32.7 Å². The summed E-state index contributed by atoms with van der Waals surface area (Å²) in [6.07, 6.45) is 4.75. The zero-order chi connectivity index (χ0) is 20.7. The van der Waals surface area contributed by atoms with E-state index in [-0.39, 0.29) is 35.8 Å². The first-order valence-corrected chi connectivity index (χ1v) is 11.5. The second-order valence-electron chi connectivity index (χ2n) is 7.12. The molecule has 2 aromatic heterocycles. The van der Waals surface area contributed by atoms with E-state index < -0.39 is 10.0 Å². The number of piperazine rings is 1. The Morgan fingerprint density at radius 1 is 1.27 bits per heavy atom. The lowest BCUT2D eigenvalue weighted by molar-refractivity contribution is 0.257. The van der Waals surface area contributed by atoms with Gasteiger partial charge in [0.15, 0.2) is 5.96 Å². The van der Waals surface area contributed by atoms with Crippen molar-refractivity contribution in [3.8, 4) is 0 Å². The van der Waals surface area contributed by atoms with Crippen molar-refractivity contribution < 1.29 is 17.4 Å². The highest BCUT2D eigenvalue weighted by atomic mass is 127. The molecule has 0 radical (unpaired) electrons. The monoisotopic (exact) mass is 551 g/mol. The number of nitrogens with one attached hydrogen (secondary N) is 1. The predicted octanol–water partition coefficient (Wildman–Crippen LogP) is 2.32. The summed E-state index contributed by atoms with van der Waals surface area (Å²) in [5.74, 6) is 1.58. The Bertz CT molecular complexity index is 863. The number of guanidine groups is 1. The Labute approximate surface area is 194 Å². The summed E-state index contributed by atoms with van der Waals surface area (Å²) in [6.45, 7) is 6.84. The minimum atomic E-state index is -3.42. The summed E-state index contributed by atoms with van der Waals surface area (Å²) < 4.78 is 36.9. The van der Waals surface area contributed by atoms with E-state index in [4.69, 9.17) is 13.9 Å². The zero-order valence-electron chi connectivity index (χ0n) is 17.4. The maximum atomic E-state index is 12.6. The molecule has 1 aliphatic rings. The SMILES string of the molecule is CCC(C)NC(=NCCc1ccco1)N1CCN(S(=O)(=O)Cc2ccon2)CC1.I. The van der Waals surface area contributed by atoms with Crippen molar-refractivity contribution in [3.63, 3.8) is 0 Å². The van der Waals surface area contributed by atoms with E-state index in [9.17, 15) is 8.42 Å². The van der Waals surface area contributed by atoms with Crippen molar-refractivity contribution in [2.24, 2.45) is 4.99 Å². The number of hydrogen-bond acceptors (Lipinski definition) is 6. The van der Waals surface area contributed by atoms with E-state index in [1.54, 1.807) is 12.3 Å². The molecule has 0 amide bonds. The number of aliphatic imine (C=N–C) groups is 1. The third-order valence-corrected chi connectivity index (χ3v) is 6.75. The van der Waals surface area contributed by atoms with Gasteiger partial charge < -0.3 is 19.2 Å². The second-order valence-corrected chi connectivity index (χ2v) is 9.09. The Hall–Kier alpha value is -1.60. The Kier molecular flexibility index (Phi) is 9.62. The Morgan fingerprint density at radius 2 is 2.03 bits per heavy atom. The average Bonchev–Trinajstić information content (AvgIpc) is 3.41. The first-order valence-electron chi connectivity index (χ1n) is 9.93. The highest BCUT2D eigenvalue weighted by Gasteiger charge is 2.29. The van der Waals surface area contributed by atoms with Crippen molar-refractivity contribution in [2.45, 2.75) is 38.5 Å². The van der Waals surface area contributed by atoms with Gasteiger partial charge >= 0.3 is 0 Å². The minimum absolute atomic E-state index is 0. The van der Waals surface area contributed by atoms with E-state index >= 15 is 0 Å². The molecule has 2 aromatic rings. The van der Waals surface area contributed by atoms with Crippen LogP contribution in [0.1, 0.15) is 31.7 Å². The van der Waals surface area contributed by atoms with Crippen molar-refractivity contribution in [1.29, 1.82) is 0 Å². The fraction of sp³-hybridized carbons (Fsp3) is 0.579. The number of rotatable bonds is 8. The van der Waals surface area contributed by atoms with Crippen LogP contribution in [0, 0.1) is 0 Å². The summed E-state index contributed by atoms with van der Waals surface area (Å²) in [5, 5.41) is 7.17. The quantitative estimate of drug-likeness (QED) is 0.305. The molecular weight excluding hydrogens is 521 g/mol. The van der Waals surface area contributed by atoms with Gasteiger partial charge in [0, 0.05) is 51.3 Å². The van der Waals surface area contributed by atoms with Gasteiger partial charge in [-0.2, -0.15) is 4.31 Å². The van der Waals surface area contributed by atoms with Crippen molar-refractivity contribution >= 4 is 40.0 Å². The van der Waals surface area contributed by atoms with E-state index in [0.29, 0.717) is 38.4 Å². The molecule has 1 N–H and O–H groups in total. The predicted molar refractivity (Wildman–Crippen MR) is 125 cm³/mol. The molecule has 1 fully saturated rings. The van der Waals surface area contributed by atoms with E-state index in [0.717, 1.165) is 24.6 Å². The number of hydrogen-bond donors (Lipinski definition) is 1. The standard InChI is InChI=1S/C19H29N5O4S.HI/c1-3-16(2)21-19(20-8-6-18-5-4-13-27-18)23-9-11-24(12-10-23)29(25,26)15-17-7-14-28-22-17;/h4-5,7,13-14,16H,3,6,8-12,15H2,1-2H3,(H,20,21);1H. The molecule has 1 saturated heterocycles. The van der Waals surface area contributed by atoms with Gasteiger partial charge in [-0.05, 0) is 25.5 Å². The van der Waals surface area contributed by atoms with Crippen LogP contribution in [0.15, 0.2) is 44.7 Å². The highest BCUT2D eigenvalue weighted by Crippen LogP contribution is 2.13. The van der Waals surface area contributed by atoms with Crippen LogP contribution in [0.4, 0.5) is 0 Å². The van der Waals surface area contributed by atoms with E-state index in [1.165, 1.54) is 10.6 Å². The topological polar surface area (TPSA) is 104 Å². The van der Waals surface area contributed by atoms with Gasteiger partial charge in [0.1, 0.15) is 17.8 Å². The lowest BCUT2D eigenvalue weighted by Crippen LogP contribution is -2.55. The Morgan fingerprint density at radius 3 is 2.63 bits per heavy atom. The lowest BCUT2D eigenvalue weighted by Gasteiger charge is -2.36. The van der Waals surface area contributed by atoms with Gasteiger partial charge in [-0.3, -0.25) is 4.99 Å². The van der Waals surface area contributed by atoms with Crippen LogP contribution in [0.2, 0.25) is 0 Å². The number of nitrogens with zero attached hydrogens (tertiary/aromatic N) is 4. The van der Waals surface area contributed by atoms with E-state index in [2.05, 4.69) is 29.2 Å². The molecule has 3 heterocycles. The molecule has 0 saturated carbocycles. The fourth-order valence-electron chi connectivity index (χ4n) is 3.05. The summed E-state index contributed by atoms with van der Waals surface area (Å²) >= 11 is 0. The molecule has 1 aliphatic heterocycles. The van der Waals surface area contributed by atoms with Gasteiger partial charge in [-0.25, -0.2) is 8.42 Å². The largest absolute Gasteiger partial charge is 0.469 e. The number of aromatic nitrogens is 1. The first kappa shape index (κ1) is 24.7. The third-order valence-electron chi connectivity index (χ3n) is 4.94. The molecule has 0 bridgehead atoms. The van der Waals surface area contributed by atoms with Crippen LogP contribution in [0.3, 0.4) is 0 Å². The summed E-state index contributed by atoms with van der Waals surface area (Å²) in [5.41, 5.74) is 0.422. The van der Waals surface area contributed by atoms with Crippen molar-refractivity contribution in [3.05, 3.63) is 42.2 Å². The van der Waals surface area contributed by atoms with Gasteiger partial charge in [0.25, 0.3) is 0 Å². The molecule has 1 unspecified atom stereocenters. The average molecular weight is 551 g/mol. The van der Waals surface area contributed by atoms with Crippen LogP contribution >= 0.6 is 24.0 Å². The molecular formula is C19H30IN5O4S. The van der Waals surface area contributed by atoms with Gasteiger partial charge in [-0.15, -0.1) is 24.0 Å². The highest BCUT2D eigenvalue weighted by molar-refractivity contribution is 14.0. The van der Waals surface area contributed by atoms with Gasteiger partial charge in [-0.1, -0.05) is 12.1 Å². The second kappa shape index (κ2) is 11.7. The van der Waals surface area contributed by atoms with Crippen LogP contribution < -0.4 is 5.32 Å². The third kappa shape index (κ3) is 6.98. The molecule has 0 spiro atoms. The lowest BCUT2D eigenvalue weighted by atomic mass is 10.2. The molecule has 0 aliphatic carbocycles. The molecule has 11 heteroatoms. The summed E-state index contributed by atoms with van der Waals surface area (Å²) in [6, 6.07) is 5.67. The molecule has 0 aromatic carbocycles. The summed E-state index contributed by atoms with van der Waals surface area (Å²) in [7, 11) is -3.42. The van der Waals surface area contributed by atoms with Gasteiger partial charge in [0.2, 0.25) is 10.0 Å². The molecule has 3 rings (SSSR count). The molecule has 30 heavy (non-hydrogen) atoms. The fourth-order valence-corrected chi connectivity index (χ4v) is 4.48. The molecule has 168 valence electrons. The normalized spacial score (nSPS) is 16.9. The number of furan rings is 1. The van der Waals surface area contributed by atoms with Crippen LogP contribution in [0.25, 0.3) is 0 Å². The van der Waals surface area contributed by atoms with Gasteiger partial charge in [0.05, 0.1) is 12.0 Å². The van der Waals surface area contributed by atoms with Crippen molar-refractivity contribution in [1.82, 2.24) is 19.7 Å². The molecule has 1 atom stereocenters. The minimum Gasteiger partial charge on any atom is -0.469 e. The molecule has 9 nitrogen and oxygen atoms in total. The zero-order valence-corrected chi connectivity index (χ0v) is 20.5. The van der Waals surface area contributed by atoms with Crippen LogP contribution in [-0.4, -0.2) is 67.5 Å². The smallest absolute Gasteiger partial charge is 0.220 e. The Balaban J connectivity index is 0.00000320. The summed E-state index contributed by atoms with van der Waals surface area (Å²) in [4.78, 5) is 6.86. The first-order chi connectivity index (χ1) is 14.0. The van der Waals surface area contributed by atoms with Crippen LogP contribution in [0.5, 0.6) is 0 Å². The number of halogens is 1.